The molecule has 0 radical (unpaired) electrons. The van der Waals surface area contributed by atoms with E-state index < -0.39 is 5.97 Å². The molecule has 1 N–H and O–H groups in total. The van der Waals surface area contributed by atoms with E-state index in [0.29, 0.717) is 33.7 Å². The van der Waals surface area contributed by atoms with Gasteiger partial charge in [-0.3, -0.25) is 4.79 Å². The summed E-state index contributed by atoms with van der Waals surface area (Å²) in [7, 11) is 0. The molecule has 2 aromatic carbocycles. The molecule has 0 bridgehead atoms. The molecule has 2 aromatic rings. The standard InChI is InChI=1S/C18H17Cl2NO4/c1-2-8-24-18(23)12-4-3-5-14(9-12)21-17(22)11-25-16-7-6-13(19)10-15(16)20/h3-7,9-10H,2,8,11H2,1H3,(H,21,22). The highest BCUT2D eigenvalue weighted by molar-refractivity contribution is 6.35. The molecule has 0 aliphatic carbocycles. The Morgan fingerprint density at radius 2 is 1.92 bits per heavy atom. The van der Waals surface area contributed by atoms with Gasteiger partial charge in [0.15, 0.2) is 6.61 Å². The average Bonchev–Trinajstić information content (AvgIpc) is 2.59. The van der Waals surface area contributed by atoms with E-state index in [4.69, 9.17) is 32.7 Å². The number of ether oxygens (including phenoxy) is 2. The van der Waals surface area contributed by atoms with Gasteiger partial charge in [0.25, 0.3) is 5.91 Å². The Morgan fingerprint density at radius 1 is 1.12 bits per heavy atom. The fraction of sp³-hybridized carbons (Fsp3) is 0.222. The first kappa shape index (κ1) is 19.1. The van der Waals surface area contributed by atoms with Crippen molar-refractivity contribution in [1.82, 2.24) is 0 Å². The maximum Gasteiger partial charge on any atom is 0.338 e. The van der Waals surface area contributed by atoms with E-state index in [9.17, 15) is 9.59 Å². The fourth-order valence-corrected chi connectivity index (χ4v) is 2.40. The second-order valence-electron chi connectivity index (χ2n) is 5.13. The Balaban J connectivity index is 1.93. The lowest BCUT2D eigenvalue weighted by molar-refractivity contribution is -0.118. The van der Waals surface area contributed by atoms with Crippen LogP contribution < -0.4 is 10.1 Å². The first-order valence-corrected chi connectivity index (χ1v) is 8.40. The van der Waals surface area contributed by atoms with E-state index in [2.05, 4.69) is 5.32 Å². The van der Waals surface area contributed by atoms with Crippen molar-refractivity contribution in [3.63, 3.8) is 0 Å². The van der Waals surface area contributed by atoms with E-state index in [1.807, 2.05) is 6.92 Å². The van der Waals surface area contributed by atoms with Crippen LogP contribution in [0.3, 0.4) is 0 Å². The number of esters is 1. The summed E-state index contributed by atoms with van der Waals surface area (Å²) in [6.45, 7) is 2.04. The lowest BCUT2D eigenvalue weighted by Crippen LogP contribution is -2.20. The van der Waals surface area contributed by atoms with Crippen molar-refractivity contribution in [1.29, 1.82) is 0 Å². The molecular formula is C18H17Cl2NO4. The van der Waals surface area contributed by atoms with Crippen molar-refractivity contribution in [2.45, 2.75) is 13.3 Å². The Hall–Kier alpha value is -2.24. The molecule has 5 nitrogen and oxygen atoms in total. The number of benzene rings is 2. The first-order valence-electron chi connectivity index (χ1n) is 7.64. The highest BCUT2D eigenvalue weighted by Crippen LogP contribution is 2.27. The van der Waals surface area contributed by atoms with Crippen LogP contribution in [0.15, 0.2) is 42.5 Å². The molecule has 0 aliphatic rings. The van der Waals surface area contributed by atoms with Crippen LogP contribution in [0.4, 0.5) is 5.69 Å². The van der Waals surface area contributed by atoms with E-state index >= 15 is 0 Å². The lowest BCUT2D eigenvalue weighted by atomic mass is 10.2. The van der Waals surface area contributed by atoms with Crippen molar-refractivity contribution >= 4 is 40.8 Å². The van der Waals surface area contributed by atoms with Crippen LogP contribution in [0.1, 0.15) is 23.7 Å². The zero-order valence-electron chi connectivity index (χ0n) is 13.6. The minimum Gasteiger partial charge on any atom is -0.482 e. The number of hydrogen-bond donors (Lipinski definition) is 1. The third-order valence-corrected chi connectivity index (χ3v) is 3.60. The molecule has 132 valence electrons. The van der Waals surface area contributed by atoms with Crippen LogP contribution in [-0.2, 0) is 9.53 Å². The van der Waals surface area contributed by atoms with Gasteiger partial charge in [-0.15, -0.1) is 0 Å². The molecule has 7 heteroatoms. The molecule has 0 saturated carbocycles. The van der Waals surface area contributed by atoms with Crippen molar-refractivity contribution in [2.75, 3.05) is 18.5 Å². The Labute approximate surface area is 155 Å². The van der Waals surface area contributed by atoms with Gasteiger partial charge in [0.05, 0.1) is 17.2 Å². The number of carbonyl (C=O) groups is 2. The Kier molecular flexibility index (Phi) is 7.10. The molecule has 25 heavy (non-hydrogen) atoms. The molecule has 0 fully saturated rings. The van der Waals surface area contributed by atoms with Crippen LogP contribution in [-0.4, -0.2) is 25.1 Å². The number of halogens is 2. The second-order valence-corrected chi connectivity index (χ2v) is 5.97. The van der Waals surface area contributed by atoms with Gasteiger partial charge in [-0.1, -0.05) is 36.2 Å². The molecule has 0 atom stereocenters. The van der Waals surface area contributed by atoms with Crippen LogP contribution in [0, 0.1) is 0 Å². The number of nitrogens with one attached hydrogen (secondary N) is 1. The minimum absolute atomic E-state index is 0.230. The van der Waals surface area contributed by atoms with Crippen molar-refractivity contribution < 1.29 is 19.1 Å². The first-order chi connectivity index (χ1) is 12.0. The summed E-state index contributed by atoms with van der Waals surface area (Å²) < 4.78 is 10.4. The summed E-state index contributed by atoms with van der Waals surface area (Å²) >= 11 is 11.8. The van der Waals surface area contributed by atoms with Gasteiger partial charge in [0.1, 0.15) is 5.75 Å². The predicted molar refractivity (Wildman–Crippen MR) is 97.6 cm³/mol. The lowest BCUT2D eigenvalue weighted by Gasteiger charge is -2.10. The predicted octanol–water partition coefficient (Wildman–Crippen LogP) is 4.58. The molecule has 0 spiro atoms. The number of carbonyl (C=O) groups excluding carboxylic acids is 2. The summed E-state index contributed by atoms with van der Waals surface area (Å²) in [5.41, 5.74) is 0.842. The van der Waals surface area contributed by atoms with Crippen molar-refractivity contribution in [3.05, 3.63) is 58.1 Å². The number of hydrogen-bond acceptors (Lipinski definition) is 4. The van der Waals surface area contributed by atoms with Crippen LogP contribution >= 0.6 is 23.2 Å². The fourth-order valence-electron chi connectivity index (χ4n) is 1.93. The van der Waals surface area contributed by atoms with Gasteiger partial charge >= 0.3 is 5.97 Å². The van der Waals surface area contributed by atoms with Gasteiger partial charge in [-0.05, 0) is 42.8 Å². The molecule has 0 aromatic heterocycles. The van der Waals surface area contributed by atoms with Gasteiger partial charge in [-0.25, -0.2) is 4.79 Å². The summed E-state index contributed by atoms with van der Waals surface area (Å²) in [4.78, 5) is 23.8. The van der Waals surface area contributed by atoms with Crippen LogP contribution in [0.25, 0.3) is 0 Å². The van der Waals surface area contributed by atoms with Crippen molar-refractivity contribution in [3.8, 4) is 5.75 Å². The quantitative estimate of drug-likeness (QED) is 0.712. The van der Waals surface area contributed by atoms with E-state index in [1.54, 1.807) is 36.4 Å². The highest BCUT2D eigenvalue weighted by Gasteiger charge is 2.10. The van der Waals surface area contributed by atoms with E-state index in [1.165, 1.54) is 6.07 Å². The molecule has 0 unspecified atom stereocenters. The average molecular weight is 382 g/mol. The SMILES string of the molecule is CCCOC(=O)c1cccc(NC(=O)COc2ccc(Cl)cc2Cl)c1. The molecule has 2 rings (SSSR count). The summed E-state index contributed by atoms with van der Waals surface area (Å²) in [6.07, 6.45) is 0.743. The van der Waals surface area contributed by atoms with E-state index in [0.717, 1.165) is 6.42 Å². The summed E-state index contributed by atoms with van der Waals surface area (Å²) in [6, 6.07) is 11.2. The maximum absolute atomic E-state index is 12.0. The van der Waals surface area contributed by atoms with Crippen LogP contribution in [0.5, 0.6) is 5.75 Å². The number of amides is 1. The molecular weight excluding hydrogens is 365 g/mol. The summed E-state index contributed by atoms with van der Waals surface area (Å²) in [5.74, 6) is -0.453. The van der Waals surface area contributed by atoms with E-state index in [-0.39, 0.29) is 12.5 Å². The smallest absolute Gasteiger partial charge is 0.338 e. The normalized spacial score (nSPS) is 10.2. The third kappa shape index (κ3) is 5.96. The maximum atomic E-state index is 12.0. The zero-order chi connectivity index (χ0) is 18.2. The summed E-state index contributed by atoms with van der Waals surface area (Å²) in [5, 5.41) is 3.45. The molecule has 1 amide bonds. The molecule has 0 saturated heterocycles. The zero-order valence-corrected chi connectivity index (χ0v) is 15.1. The van der Waals surface area contributed by atoms with Crippen molar-refractivity contribution in [2.24, 2.45) is 0 Å². The largest absolute Gasteiger partial charge is 0.482 e. The highest BCUT2D eigenvalue weighted by atomic mass is 35.5. The Bertz CT molecular complexity index is 764. The molecule has 0 heterocycles. The number of anilines is 1. The van der Waals surface area contributed by atoms with Gasteiger partial charge in [0, 0.05) is 10.7 Å². The second kappa shape index (κ2) is 9.30. The number of rotatable bonds is 7. The molecule has 0 aliphatic heterocycles. The Morgan fingerprint density at radius 3 is 2.64 bits per heavy atom. The topological polar surface area (TPSA) is 64.6 Å². The van der Waals surface area contributed by atoms with Gasteiger partial charge in [0.2, 0.25) is 0 Å². The third-order valence-electron chi connectivity index (χ3n) is 3.07. The van der Waals surface area contributed by atoms with Crippen LogP contribution in [0.2, 0.25) is 10.0 Å². The van der Waals surface area contributed by atoms with Gasteiger partial charge in [-0.2, -0.15) is 0 Å². The van der Waals surface area contributed by atoms with Gasteiger partial charge < -0.3 is 14.8 Å². The minimum atomic E-state index is -0.429. The monoisotopic (exact) mass is 381 g/mol.